The maximum absolute atomic E-state index is 6.39. The summed E-state index contributed by atoms with van der Waals surface area (Å²) in [4.78, 5) is 0. The third kappa shape index (κ3) is 541. The van der Waals surface area contributed by atoms with Gasteiger partial charge in [-0.25, -0.2) is 6.42 Å². The molecule has 0 aliphatic heterocycles. The average molecular weight is 278 g/mol. The summed E-state index contributed by atoms with van der Waals surface area (Å²) in [5, 5.41) is 0. The molecule has 0 radical (unpaired) electrons. The van der Waals surface area contributed by atoms with Gasteiger partial charge in [-0.2, -0.15) is 48.1 Å². The average Bonchev–Trinajstić information content (AvgIpc) is 1.85. The maximum atomic E-state index is 6.39. The first-order valence-corrected chi connectivity index (χ1v) is 4.35. The minimum atomic E-state index is 0. The molecule has 1 N–H and O–H groups in total. The van der Waals surface area contributed by atoms with Crippen molar-refractivity contribution in [1.29, 1.82) is 0 Å². The zero-order valence-corrected chi connectivity index (χ0v) is 11.5. The third-order valence-corrected chi connectivity index (χ3v) is 0.177. The number of rotatable bonds is 1. The van der Waals surface area contributed by atoms with Crippen LogP contribution < -0.4 is 0 Å². The van der Waals surface area contributed by atoms with Crippen LogP contribution in [0.5, 0.6) is 0 Å². The summed E-state index contributed by atoms with van der Waals surface area (Å²) in [6, 6.07) is 0. The van der Waals surface area contributed by atoms with Crippen LogP contribution in [-0.2, 0) is 20.4 Å². The van der Waals surface area contributed by atoms with Crippen molar-refractivity contribution in [2.45, 2.75) is 48.0 Å². The molecular formula is C11H25NPd-4. The van der Waals surface area contributed by atoms with Gasteiger partial charge in [0.05, 0.1) is 0 Å². The molecule has 13 heavy (non-hydrogen) atoms. The maximum Gasteiger partial charge on any atom is 0 e. The van der Waals surface area contributed by atoms with Gasteiger partial charge >= 0.3 is 0 Å². The number of hydrogen-bond acceptors (Lipinski definition) is 0. The van der Waals surface area contributed by atoms with E-state index in [9.17, 15) is 0 Å². The van der Waals surface area contributed by atoms with Crippen LogP contribution in [0.3, 0.4) is 0 Å². The van der Waals surface area contributed by atoms with Gasteiger partial charge < -0.3 is 24.5 Å². The fraction of sp³-hybridized carbons (Fsp3) is 0.727. The molecule has 0 heterocycles. The molecule has 0 amide bonds. The van der Waals surface area contributed by atoms with E-state index < -0.39 is 0 Å². The minimum Gasteiger partial charge on any atom is -0.679 e. The van der Waals surface area contributed by atoms with Crippen LogP contribution in [0, 0.1) is 18.8 Å². The van der Waals surface area contributed by atoms with E-state index in [-0.39, 0.29) is 20.4 Å². The van der Waals surface area contributed by atoms with Crippen molar-refractivity contribution in [3.63, 3.8) is 0 Å². The molecule has 1 nitrogen and oxygen atoms in total. The summed E-state index contributed by atoms with van der Waals surface area (Å²) >= 11 is 0. The Labute approximate surface area is 99.5 Å². The molecule has 0 bridgehead atoms. The fourth-order valence-corrected chi connectivity index (χ4v) is 0. The molecule has 0 saturated heterocycles. The first-order chi connectivity index (χ1) is 5.38. The molecule has 0 spiro atoms. The van der Waals surface area contributed by atoms with E-state index in [1.165, 1.54) is 11.8 Å². The molecule has 0 rings (SSSR count). The monoisotopic (exact) mass is 277 g/mol. The van der Waals surface area contributed by atoms with Gasteiger partial charge in [0.25, 0.3) is 0 Å². The second kappa shape index (κ2) is 22.9. The Morgan fingerprint density at radius 2 is 1.00 bits per heavy atom. The molecule has 0 atom stereocenters. The normalized spacial score (nSPS) is 7.85. The van der Waals surface area contributed by atoms with Crippen molar-refractivity contribution >= 4 is 0 Å². The van der Waals surface area contributed by atoms with Gasteiger partial charge in [-0.3, -0.25) is 0 Å². The smallest absolute Gasteiger partial charge is 0 e. The van der Waals surface area contributed by atoms with Crippen LogP contribution in [0.15, 0.2) is 0 Å². The SMILES string of the molecule is C[C-](C)C.C[C-](C)C.[CH2-]CC[NH-].[Pd]. The second-order valence-electron chi connectivity index (χ2n) is 3.60. The molecule has 0 aromatic carbocycles. The van der Waals surface area contributed by atoms with E-state index in [0.29, 0.717) is 6.54 Å². The third-order valence-electron chi connectivity index (χ3n) is 0.177. The van der Waals surface area contributed by atoms with Crippen molar-refractivity contribution in [2.24, 2.45) is 0 Å². The van der Waals surface area contributed by atoms with Crippen molar-refractivity contribution in [1.82, 2.24) is 0 Å². The fourth-order valence-electron chi connectivity index (χ4n) is 0. The predicted octanol–water partition coefficient (Wildman–Crippen LogP) is 4.50. The topological polar surface area (TPSA) is 23.8 Å². The molecule has 0 fully saturated rings. The van der Waals surface area contributed by atoms with E-state index in [0.717, 1.165) is 6.42 Å². The van der Waals surface area contributed by atoms with Gasteiger partial charge in [0.2, 0.25) is 0 Å². The van der Waals surface area contributed by atoms with Crippen LogP contribution >= 0.6 is 0 Å². The molecule has 0 aromatic heterocycles. The Hall–Kier alpha value is 0.622. The zero-order chi connectivity index (χ0) is 10.6. The van der Waals surface area contributed by atoms with E-state index in [4.69, 9.17) is 5.73 Å². The Morgan fingerprint density at radius 3 is 1.00 bits per heavy atom. The summed E-state index contributed by atoms with van der Waals surface area (Å²) < 4.78 is 0. The van der Waals surface area contributed by atoms with E-state index >= 15 is 0 Å². The second-order valence-corrected chi connectivity index (χ2v) is 3.60. The molecule has 2 heteroatoms. The molecule has 0 saturated carbocycles. The van der Waals surface area contributed by atoms with Gasteiger partial charge in [-0.05, 0) is 0 Å². The first-order valence-electron chi connectivity index (χ1n) is 4.35. The van der Waals surface area contributed by atoms with Crippen molar-refractivity contribution in [3.05, 3.63) is 24.5 Å². The quantitative estimate of drug-likeness (QED) is 0.498. The van der Waals surface area contributed by atoms with Crippen LogP contribution in [0.1, 0.15) is 48.0 Å². The van der Waals surface area contributed by atoms with Crippen molar-refractivity contribution < 1.29 is 20.4 Å². The van der Waals surface area contributed by atoms with Crippen LogP contribution in [0.25, 0.3) is 5.73 Å². The summed E-state index contributed by atoms with van der Waals surface area (Å²) in [6.45, 7) is 16.4. The summed E-state index contributed by atoms with van der Waals surface area (Å²) in [7, 11) is 0. The van der Waals surface area contributed by atoms with Gasteiger partial charge in [0.1, 0.15) is 0 Å². The molecule has 0 aliphatic rings. The first kappa shape index (κ1) is 23.4. The summed E-state index contributed by atoms with van der Waals surface area (Å²) in [5.74, 6) is 2.83. The van der Waals surface area contributed by atoms with E-state index in [1.807, 2.05) is 0 Å². The Bertz CT molecular complexity index is 40.5. The zero-order valence-electron chi connectivity index (χ0n) is 9.94. The van der Waals surface area contributed by atoms with E-state index in [2.05, 4.69) is 48.5 Å². The Balaban J connectivity index is -0.0000000450. The predicted molar refractivity (Wildman–Crippen MR) is 59.7 cm³/mol. The van der Waals surface area contributed by atoms with Crippen molar-refractivity contribution in [3.8, 4) is 0 Å². The number of hydrogen-bond donors (Lipinski definition) is 0. The van der Waals surface area contributed by atoms with Crippen molar-refractivity contribution in [2.75, 3.05) is 6.54 Å². The molecule has 0 aromatic rings. The van der Waals surface area contributed by atoms with Gasteiger partial charge in [-0.15, -0.1) is 0 Å². The molecule has 0 unspecified atom stereocenters. The van der Waals surface area contributed by atoms with Gasteiger partial charge in [-0.1, -0.05) is 0 Å². The largest absolute Gasteiger partial charge is 0.679 e. The van der Waals surface area contributed by atoms with E-state index in [1.54, 1.807) is 0 Å². The van der Waals surface area contributed by atoms with Crippen LogP contribution in [-0.4, -0.2) is 6.54 Å². The van der Waals surface area contributed by atoms with Crippen LogP contribution in [0.4, 0.5) is 0 Å². The Kier molecular flexibility index (Phi) is 41.4. The van der Waals surface area contributed by atoms with Crippen LogP contribution in [0.2, 0.25) is 0 Å². The molecule has 88 valence electrons. The minimum absolute atomic E-state index is 0. The van der Waals surface area contributed by atoms with Gasteiger partial charge in [0.15, 0.2) is 0 Å². The summed E-state index contributed by atoms with van der Waals surface area (Å²) in [6.07, 6.45) is 0.736. The summed E-state index contributed by atoms with van der Waals surface area (Å²) in [5.41, 5.74) is 6.39. The molecule has 0 aliphatic carbocycles. The standard InChI is InChI=1S/2C4H9.C3H7N.Pd/c2*1-4(2)3;1-2-3-4;/h2*1-3H3;4H,1-3H2;/q2*-1;-2;. The Morgan fingerprint density at radius 1 is 0.923 bits per heavy atom. The molecular weight excluding hydrogens is 253 g/mol. The van der Waals surface area contributed by atoms with Gasteiger partial charge in [0, 0.05) is 20.4 Å². The number of nitrogens with one attached hydrogen (secondary N) is 1.